The Labute approximate surface area is 150 Å². The van der Waals surface area contributed by atoms with Crippen molar-refractivity contribution in [1.82, 2.24) is 10.3 Å². The van der Waals surface area contributed by atoms with Crippen LogP contribution in [0.2, 0.25) is 0 Å². The van der Waals surface area contributed by atoms with Gasteiger partial charge >= 0.3 is 0 Å². The number of benzene rings is 1. The lowest BCUT2D eigenvalue weighted by Crippen LogP contribution is -2.24. The van der Waals surface area contributed by atoms with Crippen molar-refractivity contribution in [2.45, 2.75) is 51.8 Å². The Kier molecular flexibility index (Phi) is 4.38. The highest BCUT2D eigenvalue weighted by molar-refractivity contribution is 5.42. The molecule has 0 bridgehead atoms. The normalized spacial score (nSPS) is 18.2. The second-order valence-corrected chi connectivity index (χ2v) is 7.80. The van der Waals surface area contributed by atoms with Gasteiger partial charge in [0.05, 0.1) is 0 Å². The van der Waals surface area contributed by atoms with E-state index in [2.05, 4.69) is 59.4 Å². The smallest absolute Gasteiger partial charge is 0.128 e. The molecule has 25 heavy (non-hydrogen) atoms. The highest BCUT2D eigenvalue weighted by Crippen LogP contribution is 2.35. The van der Waals surface area contributed by atoms with E-state index in [0.717, 1.165) is 44.2 Å². The first-order valence-corrected chi connectivity index (χ1v) is 9.30. The molecule has 2 aliphatic rings. The third-order valence-electron chi connectivity index (χ3n) is 5.02. The highest BCUT2D eigenvalue weighted by atomic mass is 16.5. The Morgan fingerprint density at radius 1 is 1.08 bits per heavy atom. The van der Waals surface area contributed by atoms with Crippen LogP contribution in [0.1, 0.15) is 43.4 Å². The highest BCUT2D eigenvalue weighted by Gasteiger charge is 2.29. The molecule has 0 saturated carbocycles. The van der Waals surface area contributed by atoms with E-state index < -0.39 is 0 Å². The third-order valence-corrected chi connectivity index (χ3v) is 5.02. The van der Waals surface area contributed by atoms with Gasteiger partial charge in [-0.3, -0.25) is 0 Å². The molecule has 4 heteroatoms. The first-order valence-electron chi connectivity index (χ1n) is 9.30. The lowest BCUT2D eigenvalue weighted by atomic mass is 10.0. The van der Waals surface area contributed by atoms with Crippen molar-refractivity contribution in [2.75, 3.05) is 18.0 Å². The molecule has 1 aromatic carbocycles. The summed E-state index contributed by atoms with van der Waals surface area (Å²) in [5.41, 5.74) is 3.79. The maximum absolute atomic E-state index is 5.94. The predicted molar refractivity (Wildman–Crippen MR) is 101 cm³/mol. The van der Waals surface area contributed by atoms with Gasteiger partial charge in [-0.05, 0) is 55.5 Å². The number of hydrogen-bond acceptors (Lipinski definition) is 4. The maximum Gasteiger partial charge on any atom is 0.128 e. The second kappa shape index (κ2) is 6.68. The molecule has 1 saturated heterocycles. The summed E-state index contributed by atoms with van der Waals surface area (Å²) >= 11 is 0. The van der Waals surface area contributed by atoms with Crippen LogP contribution >= 0.6 is 0 Å². The van der Waals surface area contributed by atoms with Crippen LogP contribution in [-0.2, 0) is 19.5 Å². The summed E-state index contributed by atoms with van der Waals surface area (Å²) in [7, 11) is 0. The number of nitrogens with one attached hydrogen (secondary N) is 1. The minimum Gasteiger partial charge on any atom is -0.487 e. The Morgan fingerprint density at radius 2 is 1.84 bits per heavy atom. The van der Waals surface area contributed by atoms with Gasteiger partial charge in [0.25, 0.3) is 0 Å². The Hall–Kier alpha value is -2.07. The maximum atomic E-state index is 5.94. The zero-order valence-corrected chi connectivity index (χ0v) is 15.2. The third kappa shape index (κ3) is 3.79. The van der Waals surface area contributed by atoms with Crippen LogP contribution in [-0.4, -0.2) is 23.7 Å². The fourth-order valence-corrected chi connectivity index (χ4v) is 3.78. The van der Waals surface area contributed by atoms with Crippen molar-refractivity contribution in [1.29, 1.82) is 0 Å². The quantitative estimate of drug-likeness (QED) is 0.903. The van der Waals surface area contributed by atoms with Crippen LogP contribution in [0.15, 0.2) is 36.5 Å². The zero-order chi connectivity index (χ0) is 17.3. The molecule has 0 atom stereocenters. The minimum atomic E-state index is -0.0723. The molecule has 1 aromatic heterocycles. The molecule has 1 fully saturated rings. The lowest BCUT2D eigenvalue weighted by Gasteiger charge is -2.16. The van der Waals surface area contributed by atoms with E-state index in [1.807, 2.05) is 6.20 Å². The topological polar surface area (TPSA) is 37.4 Å². The summed E-state index contributed by atoms with van der Waals surface area (Å²) < 4.78 is 5.94. The molecule has 0 radical (unpaired) electrons. The minimum absolute atomic E-state index is 0.0723. The molecule has 0 aliphatic carbocycles. The van der Waals surface area contributed by atoms with Gasteiger partial charge in [-0.2, -0.15) is 0 Å². The number of nitrogens with zero attached hydrogens (tertiary/aromatic N) is 2. The molecule has 0 amide bonds. The SMILES string of the molecule is CC1(C)Cc2cc(CNCc3ccc(N4CCCC4)nc3)ccc2O1. The number of pyridine rings is 1. The van der Waals surface area contributed by atoms with Crippen molar-refractivity contribution in [3.05, 3.63) is 53.2 Å². The fourth-order valence-electron chi connectivity index (χ4n) is 3.78. The lowest BCUT2D eigenvalue weighted by molar-refractivity contribution is 0.138. The van der Waals surface area contributed by atoms with Crippen molar-refractivity contribution in [2.24, 2.45) is 0 Å². The summed E-state index contributed by atoms with van der Waals surface area (Å²) in [6.07, 6.45) is 5.56. The van der Waals surface area contributed by atoms with Crippen LogP contribution < -0.4 is 15.0 Å². The number of ether oxygens (including phenoxy) is 1. The second-order valence-electron chi connectivity index (χ2n) is 7.80. The van der Waals surface area contributed by atoms with Crippen LogP contribution in [0.4, 0.5) is 5.82 Å². The van der Waals surface area contributed by atoms with Crippen LogP contribution in [0.25, 0.3) is 0 Å². The summed E-state index contributed by atoms with van der Waals surface area (Å²) in [4.78, 5) is 6.99. The largest absolute Gasteiger partial charge is 0.487 e. The van der Waals surface area contributed by atoms with E-state index in [-0.39, 0.29) is 5.60 Å². The standard InChI is InChI=1S/C21H27N3O/c1-21(2)12-18-11-16(5-7-19(18)25-21)13-22-14-17-6-8-20(23-15-17)24-9-3-4-10-24/h5-8,11,15,22H,3-4,9-10,12-14H2,1-2H3. The molecule has 2 aliphatic heterocycles. The Balaban J connectivity index is 1.31. The molecule has 2 aromatic rings. The van der Waals surface area contributed by atoms with Gasteiger partial charge in [-0.15, -0.1) is 0 Å². The van der Waals surface area contributed by atoms with E-state index in [1.165, 1.54) is 29.5 Å². The number of rotatable bonds is 5. The van der Waals surface area contributed by atoms with Gasteiger partial charge in [0.2, 0.25) is 0 Å². The monoisotopic (exact) mass is 337 g/mol. The molecule has 0 unspecified atom stereocenters. The molecular formula is C21H27N3O. The van der Waals surface area contributed by atoms with Crippen molar-refractivity contribution >= 4 is 5.82 Å². The van der Waals surface area contributed by atoms with E-state index in [1.54, 1.807) is 0 Å². The van der Waals surface area contributed by atoms with Gasteiger partial charge in [-0.25, -0.2) is 4.98 Å². The number of hydrogen-bond donors (Lipinski definition) is 1. The van der Waals surface area contributed by atoms with Crippen molar-refractivity contribution in [3.8, 4) is 5.75 Å². The van der Waals surface area contributed by atoms with Crippen LogP contribution in [0.3, 0.4) is 0 Å². The molecule has 4 rings (SSSR count). The molecule has 1 N–H and O–H groups in total. The average Bonchev–Trinajstić information content (AvgIpc) is 3.21. The van der Waals surface area contributed by atoms with E-state index in [0.29, 0.717) is 0 Å². The van der Waals surface area contributed by atoms with E-state index in [4.69, 9.17) is 4.74 Å². The molecular weight excluding hydrogens is 310 g/mol. The average molecular weight is 337 g/mol. The van der Waals surface area contributed by atoms with Gasteiger partial charge in [0.15, 0.2) is 0 Å². The van der Waals surface area contributed by atoms with Crippen molar-refractivity contribution in [3.63, 3.8) is 0 Å². The van der Waals surface area contributed by atoms with Gasteiger partial charge < -0.3 is 15.0 Å². The fraction of sp³-hybridized carbons (Fsp3) is 0.476. The molecule has 3 heterocycles. The number of fused-ring (bicyclic) bond motifs is 1. The van der Waals surface area contributed by atoms with E-state index in [9.17, 15) is 0 Å². The first kappa shape index (κ1) is 16.4. The van der Waals surface area contributed by atoms with Gasteiger partial charge in [-0.1, -0.05) is 18.2 Å². The van der Waals surface area contributed by atoms with Crippen LogP contribution in [0.5, 0.6) is 5.75 Å². The number of aromatic nitrogens is 1. The summed E-state index contributed by atoms with van der Waals surface area (Å²) in [6.45, 7) is 8.27. The first-order chi connectivity index (χ1) is 12.1. The Morgan fingerprint density at radius 3 is 2.60 bits per heavy atom. The molecule has 0 spiro atoms. The summed E-state index contributed by atoms with van der Waals surface area (Å²) in [6, 6.07) is 10.9. The van der Waals surface area contributed by atoms with E-state index >= 15 is 0 Å². The summed E-state index contributed by atoms with van der Waals surface area (Å²) in [5, 5.41) is 3.52. The molecule has 132 valence electrons. The van der Waals surface area contributed by atoms with Crippen LogP contribution in [0, 0.1) is 0 Å². The molecule has 4 nitrogen and oxygen atoms in total. The summed E-state index contributed by atoms with van der Waals surface area (Å²) in [5.74, 6) is 2.15. The zero-order valence-electron chi connectivity index (χ0n) is 15.2. The predicted octanol–water partition coefficient (Wildman–Crippen LogP) is 3.69. The number of anilines is 1. The van der Waals surface area contributed by atoms with Gasteiger partial charge in [0.1, 0.15) is 17.2 Å². The van der Waals surface area contributed by atoms with Gasteiger partial charge in [0, 0.05) is 38.8 Å². The van der Waals surface area contributed by atoms with Crippen molar-refractivity contribution < 1.29 is 4.74 Å². The Bertz CT molecular complexity index is 733.